The predicted octanol–water partition coefficient (Wildman–Crippen LogP) is 3.64. The second kappa shape index (κ2) is 6.41. The molecule has 0 spiro atoms. The van der Waals surface area contributed by atoms with Gasteiger partial charge in [-0.15, -0.1) is 11.8 Å². The number of fused-ring (bicyclic) bond motifs is 1. The highest BCUT2D eigenvalue weighted by atomic mass is 32.2. The zero-order valence-corrected chi connectivity index (χ0v) is 12.8. The van der Waals surface area contributed by atoms with Crippen LogP contribution in [-0.2, 0) is 0 Å². The van der Waals surface area contributed by atoms with Gasteiger partial charge in [-0.1, -0.05) is 37.3 Å². The molecule has 110 valence electrons. The van der Waals surface area contributed by atoms with Crippen LogP contribution in [0.1, 0.15) is 18.5 Å². The Hall–Kier alpha value is -1.65. The Balaban J connectivity index is 1.71. The maximum absolute atomic E-state index is 6.35. The summed E-state index contributed by atoms with van der Waals surface area (Å²) >= 11 is 1.76. The van der Waals surface area contributed by atoms with Crippen LogP contribution in [0, 0.1) is 0 Å². The highest BCUT2D eigenvalue weighted by molar-refractivity contribution is 8.00. The van der Waals surface area contributed by atoms with E-state index in [-0.39, 0.29) is 11.3 Å². The van der Waals surface area contributed by atoms with Gasteiger partial charge in [0.2, 0.25) is 0 Å². The number of nitrogens with two attached hydrogens (primary N) is 1. The molecule has 0 saturated heterocycles. The average Bonchev–Trinajstić information content (AvgIpc) is 2.55. The van der Waals surface area contributed by atoms with Crippen LogP contribution in [0.4, 0.5) is 0 Å². The highest BCUT2D eigenvalue weighted by Crippen LogP contribution is 2.37. The van der Waals surface area contributed by atoms with Gasteiger partial charge in [-0.3, -0.25) is 0 Å². The first-order valence-electron chi connectivity index (χ1n) is 7.11. The smallest absolute Gasteiger partial charge is 0.162 e. The lowest BCUT2D eigenvalue weighted by Crippen LogP contribution is -2.21. The molecule has 0 fully saturated rings. The summed E-state index contributed by atoms with van der Waals surface area (Å²) in [6.45, 7) is 3.38. The Morgan fingerprint density at radius 1 is 1.00 bits per heavy atom. The SMILES string of the molecule is CC(Sc1ccc2c(c1)OCCO2)C(N)c1ccccc1. The third-order valence-corrected chi connectivity index (χ3v) is 4.72. The molecule has 2 aromatic rings. The summed E-state index contributed by atoms with van der Waals surface area (Å²) in [5.74, 6) is 1.65. The van der Waals surface area contributed by atoms with Gasteiger partial charge in [-0.25, -0.2) is 0 Å². The van der Waals surface area contributed by atoms with Gasteiger partial charge in [0.25, 0.3) is 0 Å². The first-order chi connectivity index (χ1) is 10.2. The molecule has 0 aliphatic carbocycles. The van der Waals surface area contributed by atoms with Crippen molar-refractivity contribution >= 4 is 11.8 Å². The molecule has 0 radical (unpaired) electrons. The fourth-order valence-electron chi connectivity index (χ4n) is 2.33. The molecule has 0 aromatic heterocycles. The van der Waals surface area contributed by atoms with Crippen LogP contribution in [0.25, 0.3) is 0 Å². The third-order valence-electron chi connectivity index (χ3n) is 3.53. The molecule has 1 aliphatic heterocycles. The van der Waals surface area contributed by atoms with Gasteiger partial charge >= 0.3 is 0 Å². The second-order valence-corrected chi connectivity index (χ2v) is 6.52. The number of rotatable bonds is 4. The topological polar surface area (TPSA) is 44.5 Å². The fourth-order valence-corrected chi connectivity index (χ4v) is 3.39. The van der Waals surface area contributed by atoms with Crippen molar-refractivity contribution in [3.63, 3.8) is 0 Å². The second-order valence-electron chi connectivity index (χ2n) is 5.06. The summed E-state index contributed by atoms with van der Waals surface area (Å²) in [6, 6.07) is 16.3. The van der Waals surface area contributed by atoms with Crippen LogP contribution in [-0.4, -0.2) is 18.5 Å². The van der Waals surface area contributed by atoms with E-state index in [1.54, 1.807) is 11.8 Å². The van der Waals surface area contributed by atoms with Crippen molar-refractivity contribution < 1.29 is 9.47 Å². The van der Waals surface area contributed by atoms with Crippen molar-refractivity contribution in [2.75, 3.05) is 13.2 Å². The number of thioether (sulfide) groups is 1. The van der Waals surface area contributed by atoms with E-state index < -0.39 is 0 Å². The lowest BCUT2D eigenvalue weighted by Gasteiger charge is -2.22. The van der Waals surface area contributed by atoms with Crippen LogP contribution >= 0.6 is 11.8 Å². The number of hydrogen-bond acceptors (Lipinski definition) is 4. The summed E-state index contributed by atoms with van der Waals surface area (Å²) < 4.78 is 11.2. The van der Waals surface area contributed by atoms with Crippen molar-refractivity contribution in [3.05, 3.63) is 54.1 Å². The molecule has 2 aromatic carbocycles. The van der Waals surface area contributed by atoms with Gasteiger partial charge < -0.3 is 15.2 Å². The Labute approximate surface area is 129 Å². The molecule has 2 N–H and O–H groups in total. The van der Waals surface area contributed by atoms with E-state index in [0.717, 1.165) is 22.0 Å². The fraction of sp³-hybridized carbons (Fsp3) is 0.294. The summed E-state index contributed by atoms with van der Waals surface area (Å²) in [7, 11) is 0. The first-order valence-corrected chi connectivity index (χ1v) is 7.99. The maximum Gasteiger partial charge on any atom is 0.162 e. The van der Waals surface area contributed by atoms with Crippen LogP contribution in [0.2, 0.25) is 0 Å². The molecule has 0 bridgehead atoms. The van der Waals surface area contributed by atoms with E-state index >= 15 is 0 Å². The zero-order valence-electron chi connectivity index (χ0n) is 12.0. The van der Waals surface area contributed by atoms with Crippen LogP contribution in [0.15, 0.2) is 53.4 Å². The highest BCUT2D eigenvalue weighted by Gasteiger charge is 2.18. The lowest BCUT2D eigenvalue weighted by atomic mass is 10.1. The van der Waals surface area contributed by atoms with Crippen molar-refractivity contribution in [2.24, 2.45) is 5.73 Å². The molecule has 0 saturated carbocycles. The molecule has 2 atom stereocenters. The van der Waals surface area contributed by atoms with E-state index in [4.69, 9.17) is 15.2 Å². The molecular formula is C17H19NO2S. The molecule has 0 amide bonds. The standard InChI is InChI=1S/C17H19NO2S/c1-12(17(18)13-5-3-2-4-6-13)21-14-7-8-15-16(11-14)20-10-9-19-15/h2-8,11-12,17H,9-10,18H2,1H3. The Morgan fingerprint density at radius 3 is 2.48 bits per heavy atom. The van der Waals surface area contributed by atoms with Crippen LogP contribution in [0.5, 0.6) is 11.5 Å². The quantitative estimate of drug-likeness (QED) is 0.876. The summed E-state index contributed by atoms with van der Waals surface area (Å²) in [6.07, 6.45) is 0. The lowest BCUT2D eigenvalue weighted by molar-refractivity contribution is 0.171. The van der Waals surface area contributed by atoms with Gasteiger partial charge in [0, 0.05) is 16.2 Å². The van der Waals surface area contributed by atoms with Crippen molar-refractivity contribution in [2.45, 2.75) is 23.1 Å². The average molecular weight is 301 g/mol. The van der Waals surface area contributed by atoms with E-state index in [1.807, 2.05) is 30.3 Å². The minimum Gasteiger partial charge on any atom is -0.486 e. The Bertz CT molecular complexity index is 603. The molecule has 3 nitrogen and oxygen atoms in total. The molecular weight excluding hydrogens is 282 g/mol. The Kier molecular flexibility index (Phi) is 4.36. The molecule has 2 unspecified atom stereocenters. The van der Waals surface area contributed by atoms with Gasteiger partial charge in [0.05, 0.1) is 0 Å². The number of ether oxygens (including phenoxy) is 2. The largest absolute Gasteiger partial charge is 0.486 e. The Morgan fingerprint density at radius 2 is 1.71 bits per heavy atom. The molecule has 3 rings (SSSR count). The number of benzene rings is 2. The van der Waals surface area contributed by atoms with Gasteiger partial charge in [0.1, 0.15) is 13.2 Å². The minimum atomic E-state index is 0.00407. The molecule has 4 heteroatoms. The molecule has 21 heavy (non-hydrogen) atoms. The minimum absolute atomic E-state index is 0.00407. The van der Waals surface area contributed by atoms with Crippen LogP contribution < -0.4 is 15.2 Å². The van der Waals surface area contributed by atoms with Crippen LogP contribution in [0.3, 0.4) is 0 Å². The first kappa shape index (κ1) is 14.3. The third kappa shape index (κ3) is 3.34. The van der Waals surface area contributed by atoms with Gasteiger partial charge in [-0.05, 0) is 23.8 Å². The monoisotopic (exact) mass is 301 g/mol. The van der Waals surface area contributed by atoms with E-state index in [0.29, 0.717) is 13.2 Å². The molecule has 1 heterocycles. The van der Waals surface area contributed by atoms with E-state index in [1.165, 1.54) is 0 Å². The summed E-state index contributed by atoms with van der Waals surface area (Å²) in [5.41, 5.74) is 7.51. The summed E-state index contributed by atoms with van der Waals surface area (Å²) in [5, 5.41) is 0.273. The van der Waals surface area contributed by atoms with Crippen molar-refractivity contribution in [1.29, 1.82) is 0 Å². The van der Waals surface area contributed by atoms with E-state index in [9.17, 15) is 0 Å². The molecule has 1 aliphatic rings. The van der Waals surface area contributed by atoms with Crippen molar-refractivity contribution in [3.8, 4) is 11.5 Å². The van der Waals surface area contributed by atoms with Gasteiger partial charge in [0.15, 0.2) is 11.5 Å². The number of hydrogen-bond donors (Lipinski definition) is 1. The maximum atomic E-state index is 6.35. The summed E-state index contributed by atoms with van der Waals surface area (Å²) in [4.78, 5) is 1.15. The predicted molar refractivity (Wildman–Crippen MR) is 86.1 cm³/mol. The van der Waals surface area contributed by atoms with Crippen molar-refractivity contribution in [1.82, 2.24) is 0 Å². The zero-order chi connectivity index (χ0) is 14.7. The van der Waals surface area contributed by atoms with Gasteiger partial charge in [-0.2, -0.15) is 0 Å². The van der Waals surface area contributed by atoms with E-state index in [2.05, 4.69) is 25.1 Å². The normalized spacial score (nSPS) is 16.3.